The number of carbonyl (C=O) groups is 3. The fourth-order valence-electron chi connectivity index (χ4n) is 2.56. The van der Waals surface area contributed by atoms with Gasteiger partial charge in [0.05, 0.1) is 6.54 Å². The van der Waals surface area contributed by atoms with Crippen LogP contribution < -0.4 is 5.32 Å². The number of carbonyl (C=O) groups excluding carboxylic acids is 3. The molecule has 3 amide bonds. The summed E-state index contributed by atoms with van der Waals surface area (Å²) < 4.78 is 5.59. The number of nitrogens with zero attached hydrogens (tertiary/aromatic N) is 2. The smallest absolute Gasteiger partial charge is 0.287 e. The Balaban J connectivity index is 1.42. The van der Waals surface area contributed by atoms with Crippen LogP contribution in [0.3, 0.4) is 0 Å². The average molecular weight is 384 g/mol. The summed E-state index contributed by atoms with van der Waals surface area (Å²) in [6, 6.07) is 3.15. The second-order valence-electron chi connectivity index (χ2n) is 5.77. The van der Waals surface area contributed by atoms with Crippen LogP contribution in [0.4, 0.5) is 0 Å². The summed E-state index contributed by atoms with van der Waals surface area (Å²) in [4.78, 5) is 39.4. The molecule has 0 radical (unpaired) electrons. The summed E-state index contributed by atoms with van der Waals surface area (Å²) in [7, 11) is 0. The Morgan fingerprint density at radius 3 is 2.35 bits per heavy atom. The Bertz CT molecular complexity index is 618. The highest BCUT2D eigenvalue weighted by Crippen LogP contribution is 2.31. The van der Waals surface area contributed by atoms with Crippen LogP contribution >= 0.6 is 15.9 Å². The summed E-state index contributed by atoms with van der Waals surface area (Å²) in [5.41, 5.74) is 0. The molecule has 23 heavy (non-hydrogen) atoms. The van der Waals surface area contributed by atoms with Crippen LogP contribution in [0.2, 0.25) is 0 Å². The zero-order valence-electron chi connectivity index (χ0n) is 12.6. The molecule has 8 heteroatoms. The Morgan fingerprint density at radius 2 is 1.78 bits per heavy atom. The van der Waals surface area contributed by atoms with E-state index in [2.05, 4.69) is 21.2 Å². The highest BCUT2D eigenvalue weighted by molar-refractivity contribution is 9.10. The molecule has 7 nitrogen and oxygen atoms in total. The second-order valence-corrected chi connectivity index (χ2v) is 6.55. The molecule has 2 fully saturated rings. The first kappa shape index (κ1) is 16.0. The summed E-state index contributed by atoms with van der Waals surface area (Å²) in [6.45, 7) is 2.09. The van der Waals surface area contributed by atoms with Crippen molar-refractivity contribution in [2.45, 2.75) is 12.8 Å². The lowest BCUT2D eigenvalue weighted by Crippen LogP contribution is -2.52. The third-order valence-electron chi connectivity index (χ3n) is 4.07. The lowest BCUT2D eigenvalue weighted by molar-refractivity contribution is -0.139. The third kappa shape index (κ3) is 3.93. The first-order chi connectivity index (χ1) is 11.0. The molecule has 1 aromatic heterocycles. The van der Waals surface area contributed by atoms with Crippen LogP contribution in [0, 0.1) is 5.92 Å². The average Bonchev–Trinajstić information content (AvgIpc) is 3.33. The second kappa shape index (κ2) is 6.74. The van der Waals surface area contributed by atoms with Crippen LogP contribution in [0.5, 0.6) is 0 Å². The van der Waals surface area contributed by atoms with Crippen LogP contribution in [-0.4, -0.2) is 60.2 Å². The van der Waals surface area contributed by atoms with Crippen molar-refractivity contribution < 1.29 is 18.8 Å². The van der Waals surface area contributed by atoms with Crippen molar-refractivity contribution in [3.63, 3.8) is 0 Å². The summed E-state index contributed by atoms with van der Waals surface area (Å²) >= 11 is 3.12. The van der Waals surface area contributed by atoms with Crippen LogP contribution in [0.25, 0.3) is 0 Å². The number of rotatable bonds is 4. The van der Waals surface area contributed by atoms with E-state index in [0.29, 0.717) is 30.8 Å². The number of hydrogen-bond acceptors (Lipinski definition) is 4. The molecule has 1 saturated heterocycles. The maximum Gasteiger partial charge on any atom is 0.287 e. The van der Waals surface area contributed by atoms with Crippen LogP contribution in [0.1, 0.15) is 23.4 Å². The first-order valence-electron chi connectivity index (χ1n) is 7.64. The maximum atomic E-state index is 12.1. The normalized spacial score (nSPS) is 18.0. The number of piperazine rings is 1. The van der Waals surface area contributed by atoms with Crippen molar-refractivity contribution >= 4 is 33.7 Å². The van der Waals surface area contributed by atoms with E-state index in [-0.39, 0.29) is 30.0 Å². The minimum atomic E-state index is -0.424. The van der Waals surface area contributed by atoms with Gasteiger partial charge in [0.2, 0.25) is 11.8 Å². The van der Waals surface area contributed by atoms with E-state index in [9.17, 15) is 14.4 Å². The lowest BCUT2D eigenvalue weighted by atomic mass is 10.2. The SMILES string of the molecule is O=C(NCC(=O)N1CCN(C(=O)C2CC2)CC1)c1ccc(Br)o1. The standard InChI is InChI=1S/C15H18BrN3O4/c16-12-4-3-11(23-12)14(21)17-9-13(20)18-5-7-19(8-6-18)15(22)10-1-2-10/h3-4,10H,1-2,5-9H2,(H,17,21). The molecule has 1 aromatic rings. The Hall–Kier alpha value is -1.83. The monoisotopic (exact) mass is 383 g/mol. The summed E-state index contributed by atoms with van der Waals surface area (Å²) in [5.74, 6) is 0.0107. The predicted molar refractivity (Wildman–Crippen MR) is 84.6 cm³/mol. The van der Waals surface area contributed by atoms with Gasteiger partial charge < -0.3 is 19.5 Å². The van der Waals surface area contributed by atoms with Crippen molar-refractivity contribution in [1.82, 2.24) is 15.1 Å². The molecule has 0 spiro atoms. The molecule has 0 bridgehead atoms. The molecule has 2 heterocycles. The molecule has 1 saturated carbocycles. The highest BCUT2D eigenvalue weighted by Gasteiger charge is 2.35. The quantitative estimate of drug-likeness (QED) is 0.835. The lowest BCUT2D eigenvalue weighted by Gasteiger charge is -2.35. The van der Waals surface area contributed by atoms with Gasteiger partial charge in [-0.3, -0.25) is 14.4 Å². The van der Waals surface area contributed by atoms with Gasteiger partial charge in [-0.15, -0.1) is 0 Å². The van der Waals surface area contributed by atoms with E-state index in [1.54, 1.807) is 11.0 Å². The third-order valence-corrected chi connectivity index (χ3v) is 4.49. The van der Waals surface area contributed by atoms with Crippen molar-refractivity contribution in [1.29, 1.82) is 0 Å². The van der Waals surface area contributed by atoms with Gasteiger partial charge in [0.1, 0.15) is 0 Å². The Morgan fingerprint density at radius 1 is 1.13 bits per heavy atom. The molecular formula is C15H18BrN3O4. The first-order valence-corrected chi connectivity index (χ1v) is 8.44. The zero-order valence-corrected chi connectivity index (χ0v) is 14.2. The molecule has 2 aliphatic rings. The maximum absolute atomic E-state index is 12.1. The number of halogens is 1. The molecule has 1 aliphatic heterocycles. The molecular weight excluding hydrogens is 366 g/mol. The van der Waals surface area contributed by atoms with Gasteiger partial charge in [-0.1, -0.05) is 0 Å². The van der Waals surface area contributed by atoms with Gasteiger partial charge in [-0.25, -0.2) is 0 Å². The highest BCUT2D eigenvalue weighted by atomic mass is 79.9. The summed E-state index contributed by atoms with van der Waals surface area (Å²) in [5, 5.41) is 2.55. The molecule has 0 aromatic carbocycles. The van der Waals surface area contributed by atoms with E-state index < -0.39 is 5.91 Å². The molecule has 1 N–H and O–H groups in total. The molecule has 0 atom stereocenters. The molecule has 3 rings (SSSR count). The van der Waals surface area contributed by atoms with Crippen molar-refractivity contribution in [3.05, 3.63) is 22.6 Å². The van der Waals surface area contributed by atoms with E-state index >= 15 is 0 Å². The van der Waals surface area contributed by atoms with E-state index in [1.807, 2.05) is 4.90 Å². The number of amides is 3. The number of hydrogen-bond donors (Lipinski definition) is 1. The van der Waals surface area contributed by atoms with E-state index in [4.69, 9.17) is 4.42 Å². The van der Waals surface area contributed by atoms with E-state index in [0.717, 1.165) is 12.8 Å². The number of furan rings is 1. The molecule has 124 valence electrons. The van der Waals surface area contributed by atoms with Crippen LogP contribution in [0.15, 0.2) is 21.2 Å². The van der Waals surface area contributed by atoms with Gasteiger partial charge in [0.15, 0.2) is 10.4 Å². The molecule has 0 unspecified atom stereocenters. The zero-order chi connectivity index (χ0) is 16.4. The Labute approximate surface area is 142 Å². The largest absolute Gasteiger partial charge is 0.444 e. The fraction of sp³-hybridized carbons (Fsp3) is 0.533. The minimum Gasteiger partial charge on any atom is -0.444 e. The predicted octanol–water partition coefficient (Wildman–Crippen LogP) is 0.853. The van der Waals surface area contributed by atoms with Crippen molar-refractivity contribution in [2.75, 3.05) is 32.7 Å². The fourth-order valence-corrected chi connectivity index (χ4v) is 2.86. The Kier molecular flexibility index (Phi) is 4.70. The van der Waals surface area contributed by atoms with Gasteiger partial charge in [-0.2, -0.15) is 0 Å². The van der Waals surface area contributed by atoms with Gasteiger partial charge in [-0.05, 0) is 40.9 Å². The topological polar surface area (TPSA) is 82.9 Å². The van der Waals surface area contributed by atoms with Gasteiger partial charge in [0.25, 0.3) is 5.91 Å². The van der Waals surface area contributed by atoms with Crippen LogP contribution in [-0.2, 0) is 9.59 Å². The van der Waals surface area contributed by atoms with Crippen molar-refractivity contribution in [3.8, 4) is 0 Å². The van der Waals surface area contributed by atoms with Gasteiger partial charge >= 0.3 is 0 Å². The minimum absolute atomic E-state index is 0.0757. The van der Waals surface area contributed by atoms with Crippen molar-refractivity contribution in [2.24, 2.45) is 5.92 Å². The van der Waals surface area contributed by atoms with E-state index in [1.165, 1.54) is 6.07 Å². The summed E-state index contributed by atoms with van der Waals surface area (Å²) in [6.07, 6.45) is 1.99. The van der Waals surface area contributed by atoms with Gasteiger partial charge in [0, 0.05) is 32.1 Å². The molecule has 1 aliphatic carbocycles. The number of nitrogens with one attached hydrogen (secondary N) is 1.